The van der Waals surface area contributed by atoms with Crippen molar-refractivity contribution < 1.29 is 4.79 Å². The zero-order valence-electron chi connectivity index (χ0n) is 9.50. The molecule has 0 bridgehead atoms. The Morgan fingerprint density at radius 3 is 2.20 bits per heavy atom. The van der Waals surface area contributed by atoms with E-state index in [4.69, 9.17) is 0 Å². The van der Waals surface area contributed by atoms with Crippen molar-refractivity contribution >= 4 is 5.91 Å². The fourth-order valence-corrected chi connectivity index (χ4v) is 3.13. The Labute approximate surface area is 92.3 Å². The highest BCUT2D eigenvalue weighted by atomic mass is 16.2. The van der Waals surface area contributed by atoms with Crippen LogP contribution in [0.2, 0.25) is 0 Å². The van der Waals surface area contributed by atoms with Crippen LogP contribution in [-0.4, -0.2) is 23.9 Å². The Morgan fingerprint density at radius 1 is 1.07 bits per heavy atom. The molecule has 2 aliphatic rings. The number of nitrogens with zero attached hydrogens (tertiary/aromatic N) is 1. The average Bonchev–Trinajstić information content (AvgIpc) is 2.30. The van der Waals surface area contributed by atoms with E-state index in [9.17, 15) is 4.79 Å². The normalized spacial score (nSPS) is 25.2. The lowest BCUT2D eigenvalue weighted by Crippen LogP contribution is -2.43. The first-order chi connectivity index (χ1) is 7.26. The molecule has 0 unspecified atom stereocenters. The molecule has 1 saturated heterocycles. The summed E-state index contributed by atoms with van der Waals surface area (Å²) in [5.74, 6) is 0.112. The van der Waals surface area contributed by atoms with Gasteiger partial charge >= 0.3 is 0 Å². The van der Waals surface area contributed by atoms with Crippen molar-refractivity contribution in [3.8, 4) is 0 Å². The van der Waals surface area contributed by atoms with Gasteiger partial charge in [-0.25, -0.2) is 0 Å². The molecule has 0 radical (unpaired) electrons. The lowest BCUT2D eigenvalue weighted by Gasteiger charge is -2.44. The van der Waals surface area contributed by atoms with Gasteiger partial charge in [0, 0.05) is 13.1 Å². The standard InChI is InChI=1S/C13H21NO/c1-2-12(15)14-10-8-13(9-11-14)6-4-3-5-7-13/h2H,1,3-11H2. The summed E-state index contributed by atoms with van der Waals surface area (Å²) >= 11 is 0. The van der Waals surface area contributed by atoms with Gasteiger partial charge in [0.15, 0.2) is 0 Å². The summed E-state index contributed by atoms with van der Waals surface area (Å²) in [6.07, 6.45) is 10.9. The van der Waals surface area contributed by atoms with Gasteiger partial charge in [-0.1, -0.05) is 25.8 Å². The molecule has 0 atom stereocenters. The molecule has 1 aliphatic carbocycles. The van der Waals surface area contributed by atoms with Crippen LogP contribution in [0.25, 0.3) is 0 Å². The molecule has 1 amide bonds. The predicted octanol–water partition coefficient (Wildman–Crippen LogP) is 2.75. The van der Waals surface area contributed by atoms with Crippen LogP contribution in [-0.2, 0) is 4.79 Å². The molecule has 1 aliphatic heterocycles. The monoisotopic (exact) mass is 207 g/mol. The molecule has 2 nitrogen and oxygen atoms in total. The highest BCUT2D eigenvalue weighted by Gasteiger charge is 2.36. The second-order valence-electron chi connectivity index (χ2n) is 5.09. The van der Waals surface area contributed by atoms with E-state index in [1.807, 2.05) is 4.90 Å². The first-order valence-corrected chi connectivity index (χ1v) is 6.17. The zero-order valence-corrected chi connectivity index (χ0v) is 9.50. The molecule has 0 aromatic carbocycles. The van der Waals surface area contributed by atoms with Crippen molar-refractivity contribution in [3.63, 3.8) is 0 Å². The number of rotatable bonds is 1. The van der Waals surface area contributed by atoms with Crippen molar-refractivity contribution in [1.29, 1.82) is 0 Å². The van der Waals surface area contributed by atoms with E-state index in [1.54, 1.807) is 0 Å². The van der Waals surface area contributed by atoms with Gasteiger partial charge < -0.3 is 4.90 Å². The minimum atomic E-state index is 0.112. The van der Waals surface area contributed by atoms with Gasteiger partial charge in [-0.05, 0) is 37.2 Å². The third kappa shape index (κ3) is 2.24. The molecular weight excluding hydrogens is 186 g/mol. The third-order valence-electron chi connectivity index (χ3n) is 4.22. The number of piperidine rings is 1. The van der Waals surface area contributed by atoms with Gasteiger partial charge in [-0.3, -0.25) is 4.79 Å². The van der Waals surface area contributed by atoms with Crippen LogP contribution >= 0.6 is 0 Å². The van der Waals surface area contributed by atoms with E-state index < -0.39 is 0 Å². The molecule has 1 heterocycles. The Morgan fingerprint density at radius 2 is 1.67 bits per heavy atom. The van der Waals surface area contributed by atoms with E-state index in [-0.39, 0.29) is 5.91 Å². The van der Waals surface area contributed by atoms with Crippen LogP contribution in [0.15, 0.2) is 12.7 Å². The maximum absolute atomic E-state index is 11.4. The highest BCUT2D eigenvalue weighted by molar-refractivity contribution is 5.87. The minimum Gasteiger partial charge on any atom is -0.339 e. The second kappa shape index (κ2) is 4.38. The summed E-state index contributed by atoms with van der Waals surface area (Å²) in [5, 5.41) is 0. The van der Waals surface area contributed by atoms with Gasteiger partial charge in [-0.2, -0.15) is 0 Å². The number of amides is 1. The fraction of sp³-hybridized carbons (Fsp3) is 0.769. The maximum Gasteiger partial charge on any atom is 0.245 e. The second-order valence-corrected chi connectivity index (χ2v) is 5.09. The Kier molecular flexibility index (Phi) is 3.13. The van der Waals surface area contributed by atoms with Gasteiger partial charge in [0.05, 0.1) is 0 Å². The van der Waals surface area contributed by atoms with Crippen LogP contribution < -0.4 is 0 Å². The fourth-order valence-electron chi connectivity index (χ4n) is 3.13. The van der Waals surface area contributed by atoms with Crippen LogP contribution in [0, 0.1) is 5.41 Å². The quantitative estimate of drug-likeness (QED) is 0.605. The first-order valence-electron chi connectivity index (χ1n) is 6.17. The van der Waals surface area contributed by atoms with Crippen LogP contribution in [0.4, 0.5) is 0 Å². The maximum atomic E-state index is 11.4. The van der Waals surface area contributed by atoms with Crippen LogP contribution in [0.5, 0.6) is 0 Å². The first kappa shape index (κ1) is 10.7. The zero-order chi connectivity index (χ0) is 10.7. The number of carbonyl (C=O) groups excluding carboxylic acids is 1. The molecule has 2 fully saturated rings. The number of hydrogen-bond acceptors (Lipinski definition) is 1. The molecule has 1 spiro atoms. The third-order valence-corrected chi connectivity index (χ3v) is 4.22. The predicted molar refractivity (Wildman–Crippen MR) is 61.5 cm³/mol. The molecule has 0 aromatic heterocycles. The van der Waals surface area contributed by atoms with Crippen molar-refractivity contribution in [1.82, 2.24) is 4.90 Å². The van der Waals surface area contributed by atoms with Gasteiger partial charge in [-0.15, -0.1) is 0 Å². The van der Waals surface area contributed by atoms with Gasteiger partial charge in [0.2, 0.25) is 5.91 Å². The largest absolute Gasteiger partial charge is 0.339 e. The van der Waals surface area contributed by atoms with E-state index in [2.05, 4.69) is 6.58 Å². The molecule has 2 rings (SSSR count). The summed E-state index contributed by atoms with van der Waals surface area (Å²) in [5.41, 5.74) is 0.593. The summed E-state index contributed by atoms with van der Waals surface area (Å²) in [4.78, 5) is 13.4. The summed E-state index contributed by atoms with van der Waals surface area (Å²) in [6.45, 7) is 5.45. The topological polar surface area (TPSA) is 20.3 Å². The van der Waals surface area contributed by atoms with Crippen LogP contribution in [0.3, 0.4) is 0 Å². The smallest absolute Gasteiger partial charge is 0.245 e. The molecule has 0 aromatic rings. The van der Waals surface area contributed by atoms with Gasteiger partial charge in [0.25, 0.3) is 0 Å². The minimum absolute atomic E-state index is 0.112. The van der Waals surface area contributed by atoms with Crippen molar-refractivity contribution in [2.45, 2.75) is 44.9 Å². The summed E-state index contributed by atoms with van der Waals surface area (Å²) < 4.78 is 0. The average molecular weight is 207 g/mol. The Hall–Kier alpha value is -0.790. The number of hydrogen-bond donors (Lipinski definition) is 0. The van der Waals surface area contributed by atoms with Crippen molar-refractivity contribution in [2.24, 2.45) is 5.41 Å². The van der Waals surface area contributed by atoms with E-state index >= 15 is 0 Å². The number of carbonyl (C=O) groups is 1. The summed E-state index contributed by atoms with van der Waals surface area (Å²) in [7, 11) is 0. The van der Waals surface area contributed by atoms with Crippen molar-refractivity contribution in [2.75, 3.05) is 13.1 Å². The van der Waals surface area contributed by atoms with E-state index in [0.717, 1.165) is 13.1 Å². The Bertz CT molecular complexity index is 243. The van der Waals surface area contributed by atoms with Gasteiger partial charge in [0.1, 0.15) is 0 Å². The molecular formula is C13H21NO. The van der Waals surface area contributed by atoms with E-state index in [0.29, 0.717) is 5.41 Å². The molecule has 84 valence electrons. The molecule has 0 N–H and O–H groups in total. The SMILES string of the molecule is C=CC(=O)N1CCC2(CCCCC2)CC1. The number of likely N-dealkylation sites (tertiary alicyclic amines) is 1. The lowest BCUT2D eigenvalue weighted by molar-refractivity contribution is -0.128. The van der Waals surface area contributed by atoms with E-state index in [1.165, 1.54) is 51.0 Å². The lowest BCUT2D eigenvalue weighted by atomic mass is 9.68. The van der Waals surface area contributed by atoms with Crippen molar-refractivity contribution in [3.05, 3.63) is 12.7 Å². The highest BCUT2D eigenvalue weighted by Crippen LogP contribution is 2.44. The Balaban J connectivity index is 1.90. The molecule has 15 heavy (non-hydrogen) atoms. The van der Waals surface area contributed by atoms with Crippen LogP contribution in [0.1, 0.15) is 44.9 Å². The summed E-state index contributed by atoms with van der Waals surface area (Å²) in [6, 6.07) is 0. The molecule has 2 heteroatoms. The molecule has 1 saturated carbocycles.